The number of methoxy groups -OCH3 is 1. The van der Waals surface area contributed by atoms with Crippen LogP contribution in [0.4, 0.5) is 5.69 Å². The average molecular weight is 338 g/mol. The van der Waals surface area contributed by atoms with Crippen molar-refractivity contribution in [2.75, 3.05) is 18.2 Å². The number of hydrogen-bond acceptors (Lipinski definition) is 5. The summed E-state index contributed by atoms with van der Waals surface area (Å²) in [4.78, 5) is 20.1. The highest BCUT2D eigenvalue weighted by atomic mass is 35.5. The number of carbonyl (C=O) groups is 1. The first-order chi connectivity index (χ1) is 10.6. The van der Waals surface area contributed by atoms with E-state index in [0.717, 1.165) is 10.7 Å². The van der Waals surface area contributed by atoms with Crippen LogP contribution in [-0.4, -0.2) is 28.7 Å². The van der Waals surface area contributed by atoms with Crippen molar-refractivity contribution in [2.24, 2.45) is 0 Å². The van der Waals surface area contributed by atoms with E-state index >= 15 is 0 Å². The van der Waals surface area contributed by atoms with Crippen molar-refractivity contribution < 1.29 is 9.53 Å². The number of ether oxygens (including phenoxy) is 1. The molecule has 2 aromatic rings. The van der Waals surface area contributed by atoms with Crippen LogP contribution in [0.5, 0.6) is 5.75 Å². The van der Waals surface area contributed by atoms with Crippen molar-refractivity contribution in [3.8, 4) is 5.75 Å². The minimum absolute atomic E-state index is 0.0699. The number of thioether (sulfide) groups is 1. The number of benzene rings is 1. The second-order valence-electron chi connectivity index (χ2n) is 4.49. The normalized spacial score (nSPS) is 10.3. The van der Waals surface area contributed by atoms with E-state index < -0.39 is 0 Å². The molecule has 1 amide bonds. The molecule has 22 heavy (non-hydrogen) atoms. The van der Waals surface area contributed by atoms with Crippen molar-refractivity contribution in [1.82, 2.24) is 9.97 Å². The van der Waals surface area contributed by atoms with Crippen molar-refractivity contribution in [2.45, 2.75) is 18.4 Å². The number of nitrogens with one attached hydrogen (secondary N) is 1. The summed E-state index contributed by atoms with van der Waals surface area (Å²) in [5, 5.41) is 4.14. The van der Waals surface area contributed by atoms with E-state index in [1.165, 1.54) is 18.1 Å². The van der Waals surface area contributed by atoms with Crippen LogP contribution < -0.4 is 10.1 Å². The molecule has 7 heteroatoms. The molecule has 1 heterocycles. The molecule has 116 valence electrons. The molecule has 1 aromatic carbocycles. The Labute approximate surface area is 138 Å². The fraction of sp³-hybridized carbons (Fsp3) is 0.267. The lowest BCUT2D eigenvalue weighted by molar-refractivity contribution is -0.115. The molecule has 0 radical (unpaired) electrons. The summed E-state index contributed by atoms with van der Waals surface area (Å²) in [6.07, 6.45) is 1.91. The summed E-state index contributed by atoms with van der Waals surface area (Å²) < 4.78 is 5.07. The second kappa shape index (κ2) is 8.00. The maximum atomic E-state index is 11.9. The zero-order chi connectivity index (χ0) is 15.9. The quantitative estimate of drug-likeness (QED) is 0.645. The molecule has 0 atom stereocenters. The second-order valence-corrected chi connectivity index (χ2v) is 6.02. The number of hydrogen-bond donors (Lipinski definition) is 1. The highest BCUT2D eigenvalue weighted by molar-refractivity contribution is 7.99. The van der Waals surface area contributed by atoms with E-state index in [1.807, 2.05) is 13.0 Å². The molecule has 5 nitrogen and oxygen atoms in total. The monoisotopic (exact) mass is 337 g/mol. The third kappa shape index (κ3) is 4.89. The Kier molecular flexibility index (Phi) is 6.03. The van der Waals surface area contributed by atoms with Crippen LogP contribution in [0.1, 0.15) is 12.1 Å². The molecule has 1 aromatic heterocycles. The lowest BCUT2D eigenvalue weighted by Crippen LogP contribution is -2.12. The van der Waals surface area contributed by atoms with Crippen LogP contribution in [0.15, 0.2) is 35.6 Å². The molecule has 1 N–H and O–H groups in total. The van der Waals surface area contributed by atoms with Gasteiger partial charge in [0.1, 0.15) is 12.1 Å². The van der Waals surface area contributed by atoms with Crippen molar-refractivity contribution >= 4 is 35.0 Å². The summed E-state index contributed by atoms with van der Waals surface area (Å²) >= 11 is 7.54. The van der Waals surface area contributed by atoms with E-state index in [2.05, 4.69) is 15.3 Å². The number of anilines is 1. The first-order valence-electron chi connectivity index (χ1n) is 6.63. The molecule has 0 saturated heterocycles. The summed E-state index contributed by atoms with van der Waals surface area (Å²) in [6, 6.07) is 7.03. The SMILES string of the molecule is COc1ccc(NC(=O)CCSc2cc(C)ncn2)cc1Cl. The zero-order valence-electron chi connectivity index (χ0n) is 12.3. The van der Waals surface area contributed by atoms with Gasteiger partial charge in [-0.25, -0.2) is 9.97 Å². The Morgan fingerprint density at radius 3 is 2.86 bits per heavy atom. The molecule has 0 aliphatic heterocycles. The Morgan fingerprint density at radius 1 is 1.36 bits per heavy atom. The van der Waals surface area contributed by atoms with E-state index in [4.69, 9.17) is 16.3 Å². The van der Waals surface area contributed by atoms with Gasteiger partial charge < -0.3 is 10.1 Å². The fourth-order valence-electron chi connectivity index (χ4n) is 1.72. The van der Waals surface area contributed by atoms with Crippen LogP contribution in [0.2, 0.25) is 5.02 Å². The predicted octanol–water partition coefficient (Wildman–Crippen LogP) is 3.57. The first kappa shape index (κ1) is 16.6. The lowest BCUT2D eigenvalue weighted by atomic mass is 10.3. The van der Waals surface area contributed by atoms with Crippen LogP contribution in [0.25, 0.3) is 0 Å². The van der Waals surface area contributed by atoms with E-state index in [0.29, 0.717) is 28.6 Å². The summed E-state index contributed by atoms with van der Waals surface area (Å²) in [5.74, 6) is 1.15. The number of aryl methyl sites for hydroxylation is 1. The van der Waals surface area contributed by atoms with Gasteiger partial charge in [-0.15, -0.1) is 11.8 Å². The standard InChI is InChI=1S/C15H16ClN3O2S/c1-10-7-15(18-9-17-10)22-6-5-14(20)19-11-3-4-13(21-2)12(16)8-11/h3-4,7-9H,5-6H2,1-2H3,(H,19,20). The summed E-state index contributed by atoms with van der Waals surface area (Å²) in [7, 11) is 1.55. The topological polar surface area (TPSA) is 64.1 Å². The van der Waals surface area contributed by atoms with Gasteiger partial charge in [-0.1, -0.05) is 11.6 Å². The molecule has 0 aliphatic rings. The molecule has 2 rings (SSSR count). The molecule has 0 saturated carbocycles. The average Bonchev–Trinajstić information content (AvgIpc) is 2.47. The van der Waals surface area contributed by atoms with Gasteiger partial charge in [0.15, 0.2) is 0 Å². The van der Waals surface area contributed by atoms with Crippen molar-refractivity contribution in [3.05, 3.63) is 41.3 Å². The molecule has 0 aliphatic carbocycles. The lowest BCUT2D eigenvalue weighted by Gasteiger charge is -2.08. The molecule has 0 fully saturated rings. The van der Waals surface area contributed by atoms with Gasteiger partial charge in [0.05, 0.1) is 17.2 Å². The largest absolute Gasteiger partial charge is 0.495 e. The Balaban J connectivity index is 1.82. The Morgan fingerprint density at radius 2 is 2.18 bits per heavy atom. The summed E-state index contributed by atoms with van der Waals surface area (Å²) in [5.41, 5.74) is 1.56. The van der Waals surface area contributed by atoms with Gasteiger partial charge in [0.25, 0.3) is 0 Å². The smallest absolute Gasteiger partial charge is 0.225 e. The molecule has 0 bridgehead atoms. The molecular weight excluding hydrogens is 322 g/mol. The molecule has 0 unspecified atom stereocenters. The van der Waals surface area contributed by atoms with Crippen molar-refractivity contribution in [3.63, 3.8) is 0 Å². The number of carbonyl (C=O) groups excluding carboxylic acids is 1. The third-order valence-corrected chi connectivity index (χ3v) is 4.02. The van der Waals surface area contributed by atoms with Gasteiger partial charge in [-0.2, -0.15) is 0 Å². The maximum absolute atomic E-state index is 11.9. The van der Waals surface area contributed by atoms with Crippen LogP contribution in [-0.2, 0) is 4.79 Å². The summed E-state index contributed by atoms with van der Waals surface area (Å²) in [6.45, 7) is 1.91. The highest BCUT2D eigenvalue weighted by Gasteiger charge is 2.06. The van der Waals surface area contributed by atoms with Gasteiger partial charge in [0, 0.05) is 23.6 Å². The van der Waals surface area contributed by atoms with Gasteiger partial charge in [-0.05, 0) is 31.2 Å². The predicted molar refractivity (Wildman–Crippen MR) is 88.7 cm³/mol. The van der Waals surface area contributed by atoms with Gasteiger partial charge >= 0.3 is 0 Å². The van der Waals surface area contributed by atoms with E-state index in [1.54, 1.807) is 25.3 Å². The molecular formula is C15H16ClN3O2S. The number of rotatable bonds is 6. The van der Waals surface area contributed by atoms with Crippen LogP contribution in [0.3, 0.4) is 0 Å². The van der Waals surface area contributed by atoms with Gasteiger partial charge in [-0.3, -0.25) is 4.79 Å². The Bertz CT molecular complexity index is 667. The maximum Gasteiger partial charge on any atom is 0.225 e. The minimum Gasteiger partial charge on any atom is -0.495 e. The number of halogens is 1. The van der Waals surface area contributed by atoms with E-state index in [9.17, 15) is 4.79 Å². The highest BCUT2D eigenvalue weighted by Crippen LogP contribution is 2.27. The van der Waals surface area contributed by atoms with Crippen LogP contribution in [0, 0.1) is 6.92 Å². The number of nitrogens with zero attached hydrogens (tertiary/aromatic N) is 2. The van der Waals surface area contributed by atoms with Crippen molar-refractivity contribution in [1.29, 1.82) is 0 Å². The van der Waals surface area contributed by atoms with Gasteiger partial charge in [0.2, 0.25) is 5.91 Å². The fourth-order valence-corrected chi connectivity index (χ4v) is 2.85. The zero-order valence-corrected chi connectivity index (χ0v) is 13.9. The minimum atomic E-state index is -0.0699. The third-order valence-electron chi connectivity index (χ3n) is 2.79. The number of amides is 1. The number of aromatic nitrogens is 2. The molecule has 0 spiro atoms. The van der Waals surface area contributed by atoms with Crippen LogP contribution >= 0.6 is 23.4 Å². The van der Waals surface area contributed by atoms with E-state index in [-0.39, 0.29) is 5.91 Å². The first-order valence-corrected chi connectivity index (χ1v) is 7.99. The Hall–Kier alpha value is -1.79.